The minimum absolute atomic E-state index is 0.0112. The van der Waals surface area contributed by atoms with Crippen molar-refractivity contribution >= 4 is 33.6 Å². The summed E-state index contributed by atoms with van der Waals surface area (Å²) in [5.74, 6) is 2.53. The molecule has 1 aliphatic heterocycles. The minimum Gasteiger partial charge on any atom is -0.496 e. The molecule has 0 atom stereocenters. The van der Waals surface area contributed by atoms with Crippen LogP contribution in [0.3, 0.4) is 0 Å². The van der Waals surface area contributed by atoms with Crippen molar-refractivity contribution in [3.63, 3.8) is 0 Å². The maximum atomic E-state index is 13.5. The second-order valence-corrected chi connectivity index (χ2v) is 10.7. The molecular formula is C34H32N8O4. The van der Waals surface area contributed by atoms with Gasteiger partial charge >= 0.3 is 0 Å². The van der Waals surface area contributed by atoms with Crippen molar-refractivity contribution in [3.05, 3.63) is 95.6 Å². The van der Waals surface area contributed by atoms with Gasteiger partial charge in [-0.3, -0.25) is 14.7 Å². The third kappa shape index (κ3) is 5.61. The first kappa shape index (κ1) is 30.0. The lowest BCUT2D eigenvalue weighted by atomic mass is 10.1. The van der Waals surface area contributed by atoms with E-state index in [1.165, 1.54) is 0 Å². The van der Waals surface area contributed by atoms with E-state index in [-0.39, 0.29) is 11.8 Å². The number of ether oxygens (including phenoxy) is 2. The number of amides is 2. The Morgan fingerprint density at radius 3 is 2.20 bits per heavy atom. The Kier molecular flexibility index (Phi) is 8.38. The van der Waals surface area contributed by atoms with E-state index < -0.39 is 0 Å². The van der Waals surface area contributed by atoms with Gasteiger partial charge in [-0.1, -0.05) is 18.2 Å². The summed E-state index contributed by atoms with van der Waals surface area (Å²) >= 11 is 0. The Balaban J connectivity index is 0.000000238. The summed E-state index contributed by atoms with van der Waals surface area (Å²) in [7, 11) is 3.20. The maximum absolute atomic E-state index is 13.5. The summed E-state index contributed by atoms with van der Waals surface area (Å²) < 4.78 is 10.7. The van der Waals surface area contributed by atoms with Crippen LogP contribution in [0.1, 0.15) is 32.1 Å². The van der Waals surface area contributed by atoms with E-state index in [4.69, 9.17) is 14.7 Å². The predicted octanol–water partition coefficient (Wildman–Crippen LogP) is 4.92. The van der Waals surface area contributed by atoms with E-state index in [9.17, 15) is 9.59 Å². The van der Waals surface area contributed by atoms with Gasteiger partial charge < -0.3 is 29.2 Å². The van der Waals surface area contributed by atoms with Crippen LogP contribution in [0.5, 0.6) is 11.5 Å². The van der Waals surface area contributed by atoms with Crippen LogP contribution in [0.25, 0.3) is 33.2 Å². The number of rotatable bonds is 5. The van der Waals surface area contributed by atoms with Crippen molar-refractivity contribution in [3.8, 4) is 29.0 Å². The lowest BCUT2D eigenvalue weighted by Crippen LogP contribution is -2.50. The number of piperazine rings is 1. The quantitative estimate of drug-likeness (QED) is 0.248. The number of H-pyrrole nitrogens is 3. The van der Waals surface area contributed by atoms with Crippen LogP contribution in [0.15, 0.2) is 73.1 Å². The van der Waals surface area contributed by atoms with E-state index in [2.05, 4.69) is 31.2 Å². The minimum atomic E-state index is -0.102. The number of fused-ring (bicyclic) bond motifs is 2. The zero-order valence-electron chi connectivity index (χ0n) is 25.6. The molecule has 3 aromatic heterocycles. The molecule has 1 fully saturated rings. The molecule has 12 heteroatoms. The first-order valence-electron chi connectivity index (χ1n) is 14.7. The lowest BCUT2D eigenvalue weighted by Gasteiger charge is -2.34. The summed E-state index contributed by atoms with van der Waals surface area (Å²) in [5.41, 5.74) is 4.19. The Morgan fingerprint density at radius 2 is 1.54 bits per heavy atom. The van der Waals surface area contributed by atoms with E-state index >= 15 is 0 Å². The van der Waals surface area contributed by atoms with E-state index in [1.54, 1.807) is 48.5 Å². The van der Waals surface area contributed by atoms with E-state index in [0.717, 1.165) is 27.7 Å². The van der Waals surface area contributed by atoms with Gasteiger partial charge in [0.1, 0.15) is 23.4 Å². The third-order valence-electron chi connectivity index (χ3n) is 7.98. The summed E-state index contributed by atoms with van der Waals surface area (Å²) in [4.78, 5) is 40.4. The molecule has 6 aromatic rings. The number of aromatic amines is 3. The zero-order chi connectivity index (χ0) is 32.2. The monoisotopic (exact) mass is 616 g/mol. The molecule has 4 heterocycles. The molecular weight excluding hydrogens is 584 g/mol. The van der Waals surface area contributed by atoms with Crippen molar-refractivity contribution in [2.45, 2.75) is 6.92 Å². The predicted molar refractivity (Wildman–Crippen MR) is 173 cm³/mol. The summed E-state index contributed by atoms with van der Waals surface area (Å²) in [6.45, 7) is 3.74. The van der Waals surface area contributed by atoms with Crippen molar-refractivity contribution in [1.29, 1.82) is 5.26 Å². The normalized spacial score (nSPS) is 12.8. The average molecular weight is 617 g/mol. The molecule has 232 valence electrons. The lowest BCUT2D eigenvalue weighted by molar-refractivity contribution is 0.0536. The molecule has 1 saturated heterocycles. The first-order valence-corrected chi connectivity index (χ1v) is 14.7. The van der Waals surface area contributed by atoms with Gasteiger partial charge in [0.2, 0.25) is 0 Å². The van der Waals surface area contributed by atoms with Crippen LogP contribution in [-0.4, -0.2) is 87.2 Å². The van der Waals surface area contributed by atoms with Gasteiger partial charge in [0.25, 0.3) is 11.8 Å². The molecule has 3 N–H and O–H groups in total. The largest absolute Gasteiger partial charge is 0.496 e. The number of aromatic nitrogens is 5. The van der Waals surface area contributed by atoms with Gasteiger partial charge in [-0.05, 0) is 49.4 Å². The highest BCUT2D eigenvalue weighted by atomic mass is 16.5. The van der Waals surface area contributed by atoms with Crippen molar-refractivity contribution in [2.24, 2.45) is 0 Å². The molecule has 12 nitrogen and oxygen atoms in total. The Hall–Kier alpha value is -6.09. The Labute approximate surface area is 264 Å². The number of nitrogens with zero attached hydrogens (tertiary/aromatic N) is 5. The molecule has 0 unspecified atom stereocenters. The molecule has 0 spiro atoms. The molecule has 1 aliphatic rings. The fraction of sp³-hybridized carbons (Fsp3) is 0.206. The average Bonchev–Trinajstić information content (AvgIpc) is 3.88. The Morgan fingerprint density at radius 1 is 0.848 bits per heavy atom. The number of methoxy groups -OCH3 is 2. The van der Waals surface area contributed by atoms with Crippen LogP contribution in [0.4, 0.5) is 0 Å². The standard InChI is InChI=1S/C24H24N6O3.C10H8N2O/c1-15-26-22(28-27-15)17-8-9-19(33-2)20-18(14-25-21(17)20)24(32)30-12-10-29(11-13-30)23(31)16-6-4-3-5-7-16;1-13-9-3-2-7(6-11)10-8(9)4-5-12-10/h3-9,14,25H,10-13H2,1-2H3,(H,26,27,28);2-5,12H,1H3. The van der Waals surface area contributed by atoms with Crippen molar-refractivity contribution in [2.75, 3.05) is 40.4 Å². The third-order valence-corrected chi connectivity index (χ3v) is 7.98. The fourth-order valence-electron chi connectivity index (χ4n) is 5.65. The Bertz CT molecular complexity index is 2060. The smallest absolute Gasteiger partial charge is 0.256 e. The SMILES string of the molecule is COc1ccc(-c2n[nH]c(C)n2)c2[nH]cc(C(=O)N3CCN(C(=O)c4ccccc4)CC3)c12.COc1ccc(C#N)c2[nH]ccc12. The van der Waals surface area contributed by atoms with Gasteiger partial charge in [0.15, 0.2) is 5.82 Å². The van der Waals surface area contributed by atoms with Gasteiger partial charge in [0.05, 0.1) is 41.8 Å². The number of benzene rings is 3. The summed E-state index contributed by atoms with van der Waals surface area (Å²) in [6.07, 6.45) is 3.51. The van der Waals surface area contributed by atoms with Gasteiger partial charge in [0, 0.05) is 55.1 Å². The highest BCUT2D eigenvalue weighted by Gasteiger charge is 2.28. The van der Waals surface area contributed by atoms with Gasteiger partial charge in [-0.25, -0.2) is 4.98 Å². The number of carbonyl (C=O) groups is 2. The molecule has 0 radical (unpaired) electrons. The zero-order valence-corrected chi connectivity index (χ0v) is 25.6. The molecule has 7 rings (SSSR count). The van der Waals surface area contributed by atoms with Crippen molar-refractivity contribution in [1.82, 2.24) is 34.9 Å². The summed E-state index contributed by atoms with van der Waals surface area (Å²) in [5, 5.41) is 17.6. The second-order valence-electron chi connectivity index (χ2n) is 10.7. The highest BCUT2D eigenvalue weighted by molar-refractivity contribution is 6.12. The molecule has 0 saturated carbocycles. The van der Waals surface area contributed by atoms with Crippen molar-refractivity contribution < 1.29 is 19.1 Å². The highest BCUT2D eigenvalue weighted by Crippen LogP contribution is 2.35. The number of hydrogen-bond donors (Lipinski definition) is 3. The maximum Gasteiger partial charge on any atom is 0.256 e. The van der Waals surface area contributed by atoms with Crippen LogP contribution in [-0.2, 0) is 0 Å². The molecule has 0 aliphatic carbocycles. The molecule has 46 heavy (non-hydrogen) atoms. The number of hydrogen-bond acceptors (Lipinski definition) is 7. The molecule has 3 aromatic carbocycles. The topological polar surface area (TPSA) is 156 Å². The van der Waals surface area contributed by atoms with Crippen LogP contribution < -0.4 is 9.47 Å². The van der Waals surface area contributed by atoms with E-state index in [0.29, 0.717) is 65.7 Å². The second kappa shape index (κ2) is 12.9. The van der Waals surface area contributed by atoms with Crippen LogP contribution in [0.2, 0.25) is 0 Å². The number of carbonyl (C=O) groups excluding carboxylic acids is 2. The first-order chi connectivity index (χ1) is 22.4. The van der Waals surface area contributed by atoms with Gasteiger partial charge in [-0.15, -0.1) is 0 Å². The fourth-order valence-corrected chi connectivity index (χ4v) is 5.65. The van der Waals surface area contributed by atoms with Crippen LogP contribution >= 0.6 is 0 Å². The molecule has 0 bridgehead atoms. The number of nitriles is 1. The van der Waals surface area contributed by atoms with Crippen LogP contribution in [0, 0.1) is 18.3 Å². The van der Waals surface area contributed by atoms with E-state index in [1.807, 2.05) is 55.5 Å². The number of nitrogens with one attached hydrogen (secondary N) is 3. The van der Waals surface area contributed by atoms with Gasteiger partial charge in [-0.2, -0.15) is 10.4 Å². The number of aryl methyl sites for hydroxylation is 1. The molecule has 2 amide bonds. The summed E-state index contributed by atoms with van der Waals surface area (Å²) in [6, 6.07) is 20.5.